The van der Waals surface area contributed by atoms with Gasteiger partial charge in [0.05, 0.1) is 36.6 Å². The number of nitrogens with one attached hydrogen (secondary N) is 1. The zero-order chi connectivity index (χ0) is 22.9. The largest absolute Gasteiger partial charge is 0.462 e. The standard InChI is InChI=1S/C23H24N2O6S/c1-3-29-21(26)15-8-9-18-16(13-15)20(17(14-25-18)22(27)30-4-2)24-10-6-11-31-23(28)19-7-5-12-32-19/h5,7-9,12-14H,3-4,6,10-11H2,1-2H3,(H,24,25). The number of benzene rings is 1. The minimum Gasteiger partial charge on any atom is -0.462 e. The van der Waals surface area contributed by atoms with Gasteiger partial charge in [0.15, 0.2) is 0 Å². The van der Waals surface area contributed by atoms with Crippen molar-refractivity contribution in [2.45, 2.75) is 20.3 Å². The Bertz CT molecular complexity index is 1090. The molecule has 0 bridgehead atoms. The molecule has 8 nitrogen and oxygen atoms in total. The summed E-state index contributed by atoms with van der Waals surface area (Å²) in [6.45, 7) is 4.57. The van der Waals surface area contributed by atoms with Crippen molar-refractivity contribution in [3.63, 3.8) is 0 Å². The van der Waals surface area contributed by atoms with Crippen molar-refractivity contribution in [1.82, 2.24) is 4.98 Å². The van der Waals surface area contributed by atoms with Gasteiger partial charge < -0.3 is 19.5 Å². The first-order valence-electron chi connectivity index (χ1n) is 10.3. The molecule has 0 unspecified atom stereocenters. The smallest absolute Gasteiger partial charge is 0.348 e. The first kappa shape index (κ1) is 23.2. The predicted octanol–water partition coefficient (Wildman–Crippen LogP) is 4.31. The van der Waals surface area contributed by atoms with Crippen LogP contribution in [-0.4, -0.2) is 49.3 Å². The fraction of sp³-hybridized carbons (Fsp3) is 0.304. The maximum atomic E-state index is 12.5. The van der Waals surface area contributed by atoms with Crippen molar-refractivity contribution in [1.29, 1.82) is 0 Å². The summed E-state index contributed by atoms with van der Waals surface area (Å²) in [5.74, 6) is -1.34. The van der Waals surface area contributed by atoms with Gasteiger partial charge >= 0.3 is 17.9 Å². The topological polar surface area (TPSA) is 104 Å². The molecule has 9 heteroatoms. The summed E-state index contributed by atoms with van der Waals surface area (Å²) in [6, 6.07) is 8.47. The van der Waals surface area contributed by atoms with E-state index >= 15 is 0 Å². The highest BCUT2D eigenvalue weighted by Crippen LogP contribution is 2.28. The van der Waals surface area contributed by atoms with E-state index in [0.29, 0.717) is 40.0 Å². The third-order valence-electron chi connectivity index (χ3n) is 4.45. The summed E-state index contributed by atoms with van der Waals surface area (Å²) in [4.78, 5) is 41.5. The van der Waals surface area contributed by atoms with Crippen LogP contribution in [-0.2, 0) is 14.2 Å². The Morgan fingerprint density at radius 1 is 1.00 bits per heavy atom. The molecule has 0 spiro atoms. The molecule has 0 aliphatic rings. The number of ether oxygens (including phenoxy) is 3. The van der Waals surface area contributed by atoms with Crippen molar-refractivity contribution in [2.75, 3.05) is 31.7 Å². The van der Waals surface area contributed by atoms with Crippen molar-refractivity contribution in [2.24, 2.45) is 0 Å². The molecule has 0 atom stereocenters. The molecule has 3 rings (SSSR count). The number of esters is 3. The molecule has 0 saturated heterocycles. The van der Waals surface area contributed by atoms with Gasteiger partial charge in [-0.2, -0.15) is 0 Å². The second kappa shape index (κ2) is 11.2. The van der Waals surface area contributed by atoms with Crippen LogP contribution in [0.25, 0.3) is 10.9 Å². The third-order valence-corrected chi connectivity index (χ3v) is 5.30. The minimum absolute atomic E-state index is 0.218. The van der Waals surface area contributed by atoms with Crippen molar-refractivity contribution >= 4 is 45.8 Å². The number of fused-ring (bicyclic) bond motifs is 1. The lowest BCUT2D eigenvalue weighted by atomic mass is 10.1. The molecule has 0 fully saturated rings. The average Bonchev–Trinajstić information content (AvgIpc) is 3.33. The number of hydrogen-bond acceptors (Lipinski definition) is 9. The number of pyridine rings is 1. The lowest BCUT2D eigenvalue weighted by Crippen LogP contribution is -2.14. The van der Waals surface area contributed by atoms with E-state index in [4.69, 9.17) is 14.2 Å². The lowest BCUT2D eigenvalue weighted by molar-refractivity contribution is 0.0505. The van der Waals surface area contributed by atoms with E-state index in [9.17, 15) is 14.4 Å². The number of anilines is 1. The molecule has 0 aliphatic carbocycles. The Balaban J connectivity index is 1.78. The molecule has 168 valence electrons. The fourth-order valence-corrected chi connectivity index (χ4v) is 3.62. The number of rotatable bonds is 10. The van der Waals surface area contributed by atoms with Gasteiger partial charge in [0.1, 0.15) is 10.4 Å². The van der Waals surface area contributed by atoms with Crippen molar-refractivity contribution in [3.05, 3.63) is 57.9 Å². The third kappa shape index (κ3) is 5.61. The Hall–Kier alpha value is -3.46. The summed E-state index contributed by atoms with van der Waals surface area (Å²) in [5.41, 5.74) is 1.73. The molecule has 0 aliphatic heterocycles. The summed E-state index contributed by atoms with van der Waals surface area (Å²) in [6.07, 6.45) is 1.96. The maximum absolute atomic E-state index is 12.5. The quantitative estimate of drug-likeness (QED) is 0.273. The molecule has 32 heavy (non-hydrogen) atoms. The van der Waals surface area contributed by atoms with Gasteiger partial charge in [0.25, 0.3) is 0 Å². The van der Waals surface area contributed by atoms with E-state index in [1.807, 2.05) is 5.38 Å². The number of nitrogens with zero attached hydrogens (tertiary/aromatic N) is 1. The molecule has 1 N–H and O–H groups in total. The van der Waals surface area contributed by atoms with Gasteiger partial charge in [-0.05, 0) is 49.9 Å². The molecule has 0 saturated carbocycles. The van der Waals surface area contributed by atoms with E-state index < -0.39 is 11.9 Å². The molecule has 2 heterocycles. The van der Waals surface area contributed by atoms with Crippen LogP contribution < -0.4 is 5.32 Å². The van der Waals surface area contributed by atoms with Gasteiger partial charge in [0.2, 0.25) is 0 Å². The number of aromatic nitrogens is 1. The van der Waals surface area contributed by atoms with E-state index in [2.05, 4.69) is 10.3 Å². The molecule has 2 aromatic heterocycles. The van der Waals surface area contributed by atoms with E-state index in [1.54, 1.807) is 44.2 Å². The summed E-state index contributed by atoms with van der Waals surface area (Å²) in [7, 11) is 0. The van der Waals surface area contributed by atoms with E-state index in [1.165, 1.54) is 17.5 Å². The zero-order valence-electron chi connectivity index (χ0n) is 17.9. The molecular formula is C23H24N2O6S. The van der Waals surface area contributed by atoms with Crippen molar-refractivity contribution in [3.8, 4) is 0 Å². The number of carbonyl (C=O) groups is 3. The lowest BCUT2D eigenvalue weighted by Gasteiger charge is -2.15. The van der Waals surface area contributed by atoms with Gasteiger partial charge in [-0.1, -0.05) is 6.07 Å². The highest BCUT2D eigenvalue weighted by atomic mass is 32.1. The minimum atomic E-state index is -0.518. The highest BCUT2D eigenvalue weighted by Gasteiger charge is 2.18. The molecule has 0 radical (unpaired) electrons. The van der Waals surface area contributed by atoms with Gasteiger partial charge in [0, 0.05) is 18.1 Å². The molecular weight excluding hydrogens is 432 g/mol. The number of thiophene rings is 1. The molecule has 3 aromatic rings. The van der Waals surface area contributed by atoms with E-state index in [0.717, 1.165) is 0 Å². The van der Waals surface area contributed by atoms with Crippen LogP contribution >= 0.6 is 11.3 Å². The second-order valence-corrected chi connectivity index (χ2v) is 7.56. The fourth-order valence-electron chi connectivity index (χ4n) is 3.00. The first-order valence-corrected chi connectivity index (χ1v) is 11.1. The SMILES string of the molecule is CCOC(=O)c1ccc2ncc(C(=O)OCC)c(NCCCOC(=O)c3cccs3)c2c1. The monoisotopic (exact) mass is 456 g/mol. The second-order valence-electron chi connectivity index (χ2n) is 6.61. The van der Waals surface area contributed by atoms with Crippen LogP contribution in [0.3, 0.4) is 0 Å². The summed E-state index contributed by atoms with van der Waals surface area (Å²) >= 11 is 1.32. The van der Waals surface area contributed by atoms with Gasteiger partial charge in [-0.3, -0.25) is 4.98 Å². The maximum Gasteiger partial charge on any atom is 0.348 e. The predicted molar refractivity (Wildman–Crippen MR) is 121 cm³/mol. The van der Waals surface area contributed by atoms with Gasteiger partial charge in [-0.25, -0.2) is 14.4 Å². The zero-order valence-corrected chi connectivity index (χ0v) is 18.7. The highest BCUT2D eigenvalue weighted by molar-refractivity contribution is 7.11. The van der Waals surface area contributed by atoms with E-state index in [-0.39, 0.29) is 31.4 Å². The summed E-state index contributed by atoms with van der Waals surface area (Å²) in [5, 5.41) is 5.63. The van der Waals surface area contributed by atoms with Crippen LogP contribution in [0.15, 0.2) is 41.9 Å². The van der Waals surface area contributed by atoms with Crippen LogP contribution in [0, 0.1) is 0 Å². The Kier molecular flexibility index (Phi) is 8.15. The van der Waals surface area contributed by atoms with Crippen LogP contribution in [0.5, 0.6) is 0 Å². The van der Waals surface area contributed by atoms with Crippen LogP contribution in [0.1, 0.15) is 50.7 Å². The Labute approximate surface area is 189 Å². The molecule has 1 aromatic carbocycles. The van der Waals surface area contributed by atoms with Crippen molar-refractivity contribution < 1.29 is 28.6 Å². The number of carbonyl (C=O) groups excluding carboxylic acids is 3. The van der Waals surface area contributed by atoms with Crippen LogP contribution in [0.2, 0.25) is 0 Å². The first-order chi connectivity index (χ1) is 15.5. The average molecular weight is 457 g/mol. The summed E-state index contributed by atoms with van der Waals surface area (Å²) < 4.78 is 15.5. The Morgan fingerprint density at radius 2 is 1.78 bits per heavy atom. The normalized spacial score (nSPS) is 10.6. The van der Waals surface area contributed by atoms with Crippen LogP contribution in [0.4, 0.5) is 5.69 Å². The Morgan fingerprint density at radius 3 is 2.50 bits per heavy atom. The molecule has 0 amide bonds. The number of hydrogen-bond donors (Lipinski definition) is 1. The van der Waals surface area contributed by atoms with Gasteiger partial charge in [-0.15, -0.1) is 11.3 Å².